The third-order valence-corrected chi connectivity index (χ3v) is 9.33. The Morgan fingerprint density at radius 1 is 1.28 bits per heavy atom. The summed E-state index contributed by atoms with van der Waals surface area (Å²) < 4.78 is 38.7. The third kappa shape index (κ3) is 6.87. The van der Waals surface area contributed by atoms with E-state index in [0.29, 0.717) is 73.6 Å². The summed E-state index contributed by atoms with van der Waals surface area (Å²) in [6, 6.07) is 2.93. The molecular formula is C25H31N7O5S2. The highest BCUT2D eigenvalue weighted by molar-refractivity contribution is 7.93. The number of amides is 1. The summed E-state index contributed by atoms with van der Waals surface area (Å²) in [7, 11) is -3.44. The number of hydrogen-bond donors (Lipinski definition) is 2. The van der Waals surface area contributed by atoms with Crippen molar-refractivity contribution in [3.63, 3.8) is 0 Å². The maximum absolute atomic E-state index is 13.4. The highest BCUT2D eigenvalue weighted by atomic mass is 32.2. The average Bonchev–Trinajstić information content (AvgIpc) is 3.68. The molecule has 1 aliphatic carbocycles. The molecule has 1 amide bonds. The molecule has 14 heteroatoms. The lowest BCUT2D eigenvalue weighted by atomic mass is 10.1. The van der Waals surface area contributed by atoms with Crippen molar-refractivity contribution in [1.82, 2.24) is 30.2 Å². The summed E-state index contributed by atoms with van der Waals surface area (Å²) >= 11 is 1.20. The van der Waals surface area contributed by atoms with Crippen LogP contribution in [-0.2, 0) is 14.8 Å². The molecule has 4 heterocycles. The van der Waals surface area contributed by atoms with Gasteiger partial charge in [0.15, 0.2) is 5.01 Å². The predicted molar refractivity (Wildman–Crippen MR) is 146 cm³/mol. The second-order valence-corrected chi connectivity index (χ2v) is 12.5. The van der Waals surface area contributed by atoms with Gasteiger partial charge in [-0.3, -0.25) is 24.4 Å². The van der Waals surface area contributed by atoms with Gasteiger partial charge in [0.25, 0.3) is 5.91 Å². The Balaban J connectivity index is 1.36. The van der Waals surface area contributed by atoms with Gasteiger partial charge in [-0.1, -0.05) is 0 Å². The molecule has 2 N–H and O–H groups in total. The van der Waals surface area contributed by atoms with E-state index in [2.05, 4.69) is 41.8 Å². The molecule has 2 aliphatic rings. The SMILES string of the molecule is CCOc1cncc(-c2cnc(C(=O)N[C@H](CN3CCOC[C@H]3C)c3cc(NS(=O)(=O)C4CC4)ccn3)s2)n1. The fourth-order valence-electron chi connectivity index (χ4n) is 4.21. The standard InChI is InChI=1S/C25H31N7O5S2/c1-3-37-23-13-26-11-20(29-23)22-12-28-25(38-22)24(33)30-21(14-32-8-9-36-15-16(32)2)19-10-17(6-7-27-19)31-39(34,35)18-4-5-18/h6-7,10-13,16,18,21H,3-5,8-9,14-15H2,1-2H3,(H,27,31)(H,30,33)/t16-,21-/m1/s1. The molecule has 1 saturated heterocycles. The van der Waals surface area contributed by atoms with Crippen molar-refractivity contribution in [3.05, 3.63) is 47.6 Å². The van der Waals surface area contributed by atoms with Crippen LogP contribution in [0.5, 0.6) is 5.88 Å². The molecule has 0 spiro atoms. The molecule has 0 unspecified atom stereocenters. The Bertz CT molecular complexity index is 1410. The van der Waals surface area contributed by atoms with E-state index < -0.39 is 16.1 Å². The number of hydrogen-bond acceptors (Lipinski definition) is 11. The zero-order valence-electron chi connectivity index (χ0n) is 21.7. The normalized spacial score (nSPS) is 18.9. The molecular weight excluding hydrogens is 542 g/mol. The molecule has 208 valence electrons. The van der Waals surface area contributed by atoms with Crippen molar-refractivity contribution in [2.24, 2.45) is 0 Å². The van der Waals surface area contributed by atoms with Gasteiger partial charge in [-0.05, 0) is 38.8 Å². The Kier molecular flexibility index (Phi) is 8.35. The van der Waals surface area contributed by atoms with E-state index in [1.807, 2.05) is 6.92 Å². The molecule has 5 rings (SSSR count). The average molecular weight is 574 g/mol. The number of carbonyl (C=O) groups is 1. The van der Waals surface area contributed by atoms with Crippen LogP contribution in [0.4, 0.5) is 5.69 Å². The first-order chi connectivity index (χ1) is 18.8. The van der Waals surface area contributed by atoms with E-state index in [9.17, 15) is 13.2 Å². The number of aromatic nitrogens is 4. The van der Waals surface area contributed by atoms with Crippen LogP contribution < -0.4 is 14.8 Å². The molecule has 1 saturated carbocycles. The topological polar surface area (TPSA) is 149 Å². The number of rotatable bonds is 11. The number of pyridine rings is 1. The quantitative estimate of drug-likeness (QED) is 0.350. The number of nitrogens with one attached hydrogen (secondary N) is 2. The largest absolute Gasteiger partial charge is 0.477 e. The molecule has 0 radical (unpaired) electrons. The van der Waals surface area contributed by atoms with Gasteiger partial charge >= 0.3 is 0 Å². The second-order valence-electron chi connectivity index (χ2n) is 9.47. The molecule has 39 heavy (non-hydrogen) atoms. The Morgan fingerprint density at radius 3 is 2.90 bits per heavy atom. The first kappa shape index (κ1) is 27.4. The van der Waals surface area contributed by atoms with E-state index in [0.717, 1.165) is 0 Å². The van der Waals surface area contributed by atoms with Crippen molar-refractivity contribution in [2.75, 3.05) is 37.6 Å². The van der Waals surface area contributed by atoms with Gasteiger partial charge < -0.3 is 14.8 Å². The minimum absolute atomic E-state index is 0.150. The maximum Gasteiger partial charge on any atom is 0.280 e. The van der Waals surface area contributed by atoms with Gasteiger partial charge in [-0.2, -0.15) is 0 Å². The summed E-state index contributed by atoms with van der Waals surface area (Å²) in [5, 5.41) is 2.98. The van der Waals surface area contributed by atoms with Gasteiger partial charge in [0.2, 0.25) is 15.9 Å². The molecule has 3 aromatic rings. The van der Waals surface area contributed by atoms with Gasteiger partial charge in [-0.15, -0.1) is 11.3 Å². The van der Waals surface area contributed by atoms with Crippen molar-refractivity contribution < 1.29 is 22.7 Å². The summed E-state index contributed by atoms with van der Waals surface area (Å²) in [5.74, 6) is 0.0363. The number of ether oxygens (including phenoxy) is 2. The van der Waals surface area contributed by atoms with Crippen LogP contribution in [0.2, 0.25) is 0 Å². The van der Waals surface area contributed by atoms with Gasteiger partial charge in [0.1, 0.15) is 5.69 Å². The Hall–Kier alpha value is -3.20. The third-order valence-electron chi connectivity index (χ3n) is 6.45. The van der Waals surface area contributed by atoms with E-state index in [1.54, 1.807) is 30.7 Å². The molecule has 1 aliphatic heterocycles. The maximum atomic E-state index is 13.4. The van der Waals surface area contributed by atoms with Crippen molar-refractivity contribution in [3.8, 4) is 16.5 Å². The lowest BCUT2D eigenvalue weighted by Crippen LogP contribution is -2.48. The lowest BCUT2D eigenvalue weighted by Gasteiger charge is -2.35. The highest BCUT2D eigenvalue weighted by Crippen LogP contribution is 2.30. The lowest BCUT2D eigenvalue weighted by molar-refractivity contribution is -0.00449. The monoisotopic (exact) mass is 573 g/mol. The number of carbonyl (C=O) groups excluding carboxylic acids is 1. The minimum Gasteiger partial charge on any atom is -0.477 e. The summed E-state index contributed by atoms with van der Waals surface area (Å²) in [6.07, 6.45) is 7.59. The van der Waals surface area contributed by atoms with E-state index >= 15 is 0 Å². The molecule has 2 atom stereocenters. The summed E-state index contributed by atoms with van der Waals surface area (Å²) in [5.41, 5.74) is 1.53. The first-order valence-corrected chi connectivity index (χ1v) is 15.2. The molecule has 12 nitrogen and oxygen atoms in total. The van der Waals surface area contributed by atoms with Crippen LogP contribution in [-0.4, -0.2) is 83.4 Å². The zero-order chi connectivity index (χ0) is 27.4. The predicted octanol–water partition coefficient (Wildman–Crippen LogP) is 2.49. The van der Waals surface area contributed by atoms with Crippen LogP contribution in [0.1, 0.15) is 48.2 Å². The second kappa shape index (κ2) is 11.9. The van der Waals surface area contributed by atoms with E-state index in [1.165, 1.54) is 17.5 Å². The summed E-state index contributed by atoms with van der Waals surface area (Å²) in [6.45, 7) is 6.76. The number of morpholine rings is 1. The fourth-order valence-corrected chi connectivity index (χ4v) is 6.36. The number of thiazole rings is 1. The van der Waals surface area contributed by atoms with Crippen LogP contribution in [0.25, 0.3) is 10.6 Å². The zero-order valence-corrected chi connectivity index (χ0v) is 23.4. The van der Waals surface area contributed by atoms with Gasteiger partial charge in [0.05, 0.1) is 59.8 Å². The summed E-state index contributed by atoms with van der Waals surface area (Å²) in [4.78, 5) is 33.7. The van der Waals surface area contributed by atoms with Crippen LogP contribution >= 0.6 is 11.3 Å². The van der Waals surface area contributed by atoms with Gasteiger partial charge in [0, 0.05) is 31.5 Å². The van der Waals surface area contributed by atoms with Crippen molar-refractivity contribution >= 4 is 33.0 Å². The highest BCUT2D eigenvalue weighted by Gasteiger charge is 2.36. The molecule has 0 bridgehead atoms. The van der Waals surface area contributed by atoms with Crippen LogP contribution in [0.3, 0.4) is 0 Å². The molecule has 0 aromatic carbocycles. The number of anilines is 1. The minimum atomic E-state index is -3.44. The van der Waals surface area contributed by atoms with E-state index in [-0.39, 0.29) is 22.2 Å². The number of nitrogens with zero attached hydrogens (tertiary/aromatic N) is 5. The van der Waals surface area contributed by atoms with Crippen molar-refractivity contribution in [2.45, 2.75) is 44.0 Å². The van der Waals surface area contributed by atoms with E-state index in [4.69, 9.17) is 9.47 Å². The Morgan fingerprint density at radius 2 is 2.13 bits per heavy atom. The van der Waals surface area contributed by atoms with Crippen LogP contribution in [0.15, 0.2) is 36.9 Å². The Labute approximate surface area is 231 Å². The molecule has 3 aromatic heterocycles. The van der Waals surface area contributed by atoms with Gasteiger partial charge in [-0.25, -0.2) is 18.4 Å². The fraction of sp³-hybridized carbons (Fsp3) is 0.480. The van der Waals surface area contributed by atoms with Crippen molar-refractivity contribution in [1.29, 1.82) is 0 Å². The molecule has 2 fully saturated rings. The number of sulfonamides is 1. The first-order valence-electron chi connectivity index (χ1n) is 12.8. The van der Waals surface area contributed by atoms with Crippen LogP contribution in [0, 0.1) is 0 Å². The smallest absolute Gasteiger partial charge is 0.280 e.